The molecule has 0 saturated heterocycles. The number of aromatic nitrogens is 3. The highest BCUT2D eigenvalue weighted by molar-refractivity contribution is 6.31. The van der Waals surface area contributed by atoms with Crippen molar-refractivity contribution in [1.29, 1.82) is 0 Å². The molecule has 3 aromatic carbocycles. The van der Waals surface area contributed by atoms with Gasteiger partial charge < -0.3 is 5.32 Å². The summed E-state index contributed by atoms with van der Waals surface area (Å²) in [5.41, 5.74) is 7.44. The van der Waals surface area contributed by atoms with Crippen LogP contribution in [0.15, 0.2) is 78.9 Å². The molecule has 4 nitrogen and oxygen atoms in total. The van der Waals surface area contributed by atoms with Gasteiger partial charge in [0.1, 0.15) is 5.82 Å². The minimum Gasteiger partial charge on any atom is -0.340 e. The number of nitrogens with zero attached hydrogens (tertiary/aromatic N) is 3. The van der Waals surface area contributed by atoms with Crippen molar-refractivity contribution >= 4 is 40.4 Å². The molecule has 0 aliphatic heterocycles. The number of hydrogen-bond acceptors (Lipinski definition) is 3. The highest BCUT2D eigenvalue weighted by Crippen LogP contribution is 2.33. The Balaban J connectivity index is 1.74. The van der Waals surface area contributed by atoms with E-state index in [4.69, 9.17) is 33.3 Å². The zero-order chi connectivity index (χ0) is 22.2. The molecule has 6 heteroatoms. The fraction of sp³-hybridized carbons (Fsp3) is 0.0769. The number of aryl methyl sites for hydroxylation is 2. The van der Waals surface area contributed by atoms with E-state index in [-0.39, 0.29) is 0 Å². The molecule has 5 rings (SSSR count). The number of rotatable bonds is 4. The van der Waals surface area contributed by atoms with Crippen LogP contribution >= 0.6 is 23.2 Å². The van der Waals surface area contributed by atoms with Crippen LogP contribution in [0.3, 0.4) is 0 Å². The molecule has 158 valence electrons. The minimum absolute atomic E-state index is 0.694. The van der Waals surface area contributed by atoms with Crippen molar-refractivity contribution in [2.45, 2.75) is 13.8 Å². The highest BCUT2D eigenvalue weighted by atomic mass is 35.5. The zero-order valence-electron chi connectivity index (χ0n) is 17.6. The summed E-state index contributed by atoms with van der Waals surface area (Å²) >= 11 is 12.5. The number of halogens is 2. The molecule has 32 heavy (non-hydrogen) atoms. The van der Waals surface area contributed by atoms with Gasteiger partial charge in [-0.15, -0.1) is 0 Å². The van der Waals surface area contributed by atoms with Crippen molar-refractivity contribution < 1.29 is 0 Å². The Kier molecular flexibility index (Phi) is 5.33. The normalized spacial score (nSPS) is 11.1. The van der Waals surface area contributed by atoms with E-state index >= 15 is 0 Å². The topological polar surface area (TPSA) is 42.2 Å². The summed E-state index contributed by atoms with van der Waals surface area (Å²) in [5.74, 6) is 0.803. The smallest absolute Gasteiger partial charge is 0.166 e. The predicted molar refractivity (Wildman–Crippen MR) is 133 cm³/mol. The van der Waals surface area contributed by atoms with Gasteiger partial charge in [0.25, 0.3) is 0 Å². The van der Waals surface area contributed by atoms with Crippen LogP contribution in [0.25, 0.3) is 28.0 Å². The van der Waals surface area contributed by atoms with E-state index in [1.165, 1.54) is 0 Å². The molecule has 0 spiro atoms. The fourth-order valence-corrected chi connectivity index (χ4v) is 4.05. The van der Waals surface area contributed by atoms with Crippen LogP contribution < -0.4 is 5.32 Å². The van der Waals surface area contributed by atoms with Gasteiger partial charge in [0.15, 0.2) is 5.65 Å². The Bertz CT molecular complexity index is 1420. The molecular weight excluding hydrogens is 439 g/mol. The van der Waals surface area contributed by atoms with Crippen LogP contribution in [-0.4, -0.2) is 14.6 Å². The Morgan fingerprint density at radius 2 is 1.56 bits per heavy atom. The zero-order valence-corrected chi connectivity index (χ0v) is 19.1. The minimum atomic E-state index is 0.694. The van der Waals surface area contributed by atoms with Crippen LogP contribution in [0.1, 0.15) is 11.3 Å². The SMILES string of the molecule is Cc1ccc(Nc2cc(-c3ccccc3)nc3c(-c4ccc(Cl)cc4)c(C)nn23)cc1Cl. The van der Waals surface area contributed by atoms with E-state index in [0.717, 1.165) is 50.8 Å². The number of hydrogen-bond donors (Lipinski definition) is 1. The van der Waals surface area contributed by atoms with Gasteiger partial charge >= 0.3 is 0 Å². The van der Waals surface area contributed by atoms with Gasteiger partial charge in [-0.1, -0.05) is 71.7 Å². The second kappa shape index (κ2) is 8.30. The van der Waals surface area contributed by atoms with Gasteiger partial charge in [-0.3, -0.25) is 0 Å². The maximum absolute atomic E-state index is 6.36. The van der Waals surface area contributed by atoms with Crippen molar-refractivity contribution in [1.82, 2.24) is 14.6 Å². The lowest BCUT2D eigenvalue weighted by atomic mass is 10.1. The van der Waals surface area contributed by atoms with Crippen LogP contribution in [0.2, 0.25) is 10.0 Å². The molecule has 0 amide bonds. The average molecular weight is 459 g/mol. The maximum Gasteiger partial charge on any atom is 0.166 e. The van der Waals surface area contributed by atoms with Gasteiger partial charge in [0.05, 0.1) is 11.4 Å². The summed E-state index contributed by atoms with van der Waals surface area (Å²) in [7, 11) is 0. The van der Waals surface area contributed by atoms with Crippen LogP contribution in [0.5, 0.6) is 0 Å². The van der Waals surface area contributed by atoms with Gasteiger partial charge in [0.2, 0.25) is 0 Å². The number of fused-ring (bicyclic) bond motifs is 1. The molecule has 0 aliphatic rings. The summed E-state index contributed by atoms with van der Waals surface area (Å²) in [5, 5.41) is 9.69. The average Bonchev–Trinajstić information content (AvgIpc) is 3.13. The monoisotopic (exact) mass is 458 g/mol. The van der Waals surface area contributed by atoms with Gasteiger partial charge in [-0.05, 0) is 49.2 Å². The van der Waals surface area contributed by atoms with E-state index in [9.17, 15) is 0 Å². The molecule has 0 saturated carbocycles. The van der Waals surface area contributed by atoms with Crippen molar-refractivity contribution in [3.63, 3.8) is 0 Å². The molecule has 5 aromatic rings. The predicted octanol–water partition coefficient (Wildman–Crippen LogP) is 7.73. The quantitative estimate of drug-likeness (QED) is 0.299. The third-order valence-electron chi connectivity index (χ3n) is 5.41. The second-order valence-electron chi connectivity index (χ2n) is 7.68. The molecular formula is C26H20Cl2N4. The Morgan fingerprint density at radius 1 is 0.812 bits per heavy atom. The Hall–Kier alpha value is -3.34. The third-order valence-corrected chi connectivity index (χ3v) is 6.07. The lowest BCUT2D eigenvalue weighted by Crippen LogP contribution is -2.03. The number of benzene rings is 3. The number of nitrogens with one attached hydrogen (secondary N) is 1. The molecule has 0 aliphatic carbocycles. The first kappa shape index (κ1) is 20.6. The summed E-state index contributed by atoms with van der Waals surface area (Å²) < 4.78 is 1.85. The van der Waals surface area contributed by atoms with E-state index in [0.29, 0.717) is 10.0 Å². The van der Waals surface area contributed by atoms with Gasteiger partial charge in [-0.25, -0.2) is 4.98 Å². The molecule has 2 aromatic heterocycles. The van der Waals surface area contributed by atoms with E-state index in [1.54, 1.807) is 0 Å². The Labute approximate surface area is 196 Å². The van der Waals surface area contributed by atoms with Crippen LogP contribution in [-0.2, 0) is 0 Å². The first-order chi connectivity index (χ1) is 15.5. The van der Waals surface area contributed by atoms with Gasteiger partial charge in [-0.2, -0.15) is 9.61 Å². The maximum atomic E-state index is 6.36. The molecule has 0 bridgehead atoms. The summed E-state index contributed by atoms with van der Waals surface area (Å²) in [6.07, 6.45) is 0. The van der Waals surface area contributed by atoms with E-state index in [1.807, 2.05) is 85.1 Å². The third kappa shape index (κ3) is 3.83. The van der Waals surface area contributed by atoms with E-state index < -0.39 is 0 Å². The van der Waals surface area contributed by atoms with Gasteiger partial charge in [0, 0.05) is 32.9 Å². The molecule has 0 unspecified atom stereocenters. The summed E-state index contributed by atoms with van der Waals surface area (Å²) in [6.45, 7) is 3.98. The molecule has 0 atom stereocenters. The number of anilines is 2. The lowest BCUT2D eigenvalue weighted by Gasteiger charge is -2.12. The van der Waals surface area contributed by atoms with Crippen molar-refractivity contribution in [2.24, 2.45) is 0 Å². The molecule has 0 radical (unpaired) electrons. The van der Waals surface area contributed by atoms with Crippen molar-refractivity contribution in [3.05, 3.63) is 100 Å². The van der Waals surface area contributed by atoms with E-state index in [2.05, 4.69) is 17.4 Å². The van der Waals surface area contributed by atoms with Crippen LogP contribution in [0.4, 0.5) is 11.5 Å². The molecule has 2 heterocycles. The fourth-order valence-electron chi connectivity index (χ4n) is 3.74. The summed E-state index contributed by atoms with van der Waals surface area (Å²) in [4.78, 5) is 5.00. The standard InChI is InChI=1S/C26H20Cl2N4/c1-16-8-13-21(14-22(16)28)29-24-15-23(18-6-4-3-5-7-18)30-26-25(17(2)31-32(24)26)19-9-11-20(27)12-10-19/h3-15,29H,1-2H3. The first-order valence-electron chi connectivity index (χ1n) is 10.2. The Morgan fingerprint density at radius 3 is 2.28 bits per heavy atom. The van der Waals surface area contributed by atoms with Crippen molar-refractivity contribution in [3.8, 4) is 22.4 Å². The second-order valence-corrected chi connectivity index (χ2v) is 8.53. The van der Waals surface area contributed by atoms with Crippen molar-refractivity contribution in [2.75, 3.05) is 5.32 Å². The largest absolute Gasteiger partial charge is 0.340 e. The molecule has 0 fully saturated rings. The highest BCUT2D eigenvalue weighted by Gasteiger charge is 2.18. The molecule has 1 N–H and O–H groups in total. The summed E-state index contributed by atoms with van der Waals surface area (Å²) in [6, 6.07) is 25.8. The first-order valence-corrected chi connectivity index (χ1v) is 11.0. The van der Waals surface area contributed by atoms with Crippen LogP contribution in [0, 0.1) is 13.8 Å². The lowest BCUT2D eigenvalue weighted by molar-refractivity contribution is 0.926.